The standard InChI is InChI=1S/C16H26FN/c1-3-5-6-9-14(13-18-12-4-2)15-10-7-8-11-16(15)17/h7-8,10-11,14,18H,3-6,9,12-13H2,1-2H3. The molecule has 0 aliphatic heterocycles. The molecule has 0 aliphatic carbocycles. The van der Waals surface area contributed by atoms with Crippen LogP contribution < -0.4 is 5.32 Å². The molecule has 0 saturated carbocycles. The maximum atomic E-state index is 13.8. The normalized spacial score (nSPS) is 12.6. The molecule has 1 rings (SSSR count). The van der Waals surface area contributed by atoms with Crippen molar-refractivity contribution in [2.24, 2.45) is 0 Å². The van der Waals surface area contributed by atoms with Crippen LogP contribution in [0.4, 0.5) is 4.39 Å². The number of hydrogen-bond acceptors (Lipinski definition) is 1. The van der Waals surface area contributed by atoms with Gasteiger partial charge >= 0.3 is 0 Å². The minimum atomic E-state index is -0.0581. The molecule has 0 spiro atoms. The van der Waals surface area contributed by atoms with Gasteiger partial charge in [0.25, 0.3) is 0 Å². The molecule has 0 aromatic heterocycles. The fourth-order valence-electron chi connectivity index (χ4n) is 2.27. The highest BCUT2D eigenvalue weighted by molar-refractivity contribution is 5.22. The Balaban J connectivity index is 2.60. The molecule has 0 saturated heterocycles. The van der Waals surface area contributed by atoms with Gasteiger partial charge in [-0.05, 0) is 36.9 Å². The van der Waals surface area contributed by atoms with Crippen molar-refractivity contribution in [3.05, 3.63) is 35.6 Å². The molecular formula is C16H26FN. The summed E-state index contributed by atoms with van der Waals surface area (Å²) in [6.45, 7) is 6.26. The van der Waals surface area contributed by atoms with E-state index in [1.807, 2.05) is 12.1 Å². The Labute approximate surface area is 111 Å². The van der Waals surface area contributed by atoms with Crippen LogP contribution in [0, 0.1) is 5.82 Å². The van der Waals surface area contributed by atoms with E-state index in [1.54, 1.807) is 12.1 Å². The number of unbranched alkanes of at least 4 members (excludes halogenated alkanes) is 2. The van der Waals surface area contributed by atoms with Gasteiger partial charge in [0, 0.05) is 6.54 Å². The molecule has 0 heterocycles. The Bertz CT molecular complexity index is 315. The molecule has 1 N–H and O–H groups in total. The van der Waals surface area contributed by atoms with Crippen LogP contribution in [0.25, 0.3) is 0 Å². The van der Waals surface area contributed by atoms with Gasteiger partial charge in [-0.2, -0.15) is 0 Å². The van der Waals surface area contributed by atoms with Crippen LogP contribution in [0.1, 0.15) is 57.4 Å². The average molecular weight is 251 g/mol. The summed E-state index contributed by atoms with van der Waals surface area (Å²) in [5.41, 5.74) is 0.872. The quantitative estimate of drug-likeness (QED) is 0.638. The number of benzene rings is 1. The molecule has 102 valence electrons. The number of halogens is 1. The van der Waals surface area contributed by atoms with E-state index in [-0.39, 0.29) is 5.82 Å². The summed E-state index contributed by atoms with van der Waals surface area (Å²) in [6, 6.07) is 7.20. The first kappa shape index (κ1) is 15.2. The van der Waals surface area contributed by atoms with Crippen molar-refractivity contribution < 1.29 is 4.39 Å². The monoisotopic (exact) mass is 251 g/mol. The summed E-state index contributed by atoms with van der Waals surface area (Å²) in [7, 11) is 0. The zero-order valence-electron chi connectivity index (χ0n) is 11.7. The Kier molecular flexibility index (Phi) is 7.66. The molecule has 18 heavy (non-hydrogen) atoms. The highest BCUT2D eigenvalue weighted by Gasteiger charge is 2.14. The fourth-order valence-corrected chi connectivity index (χ4v) is 2.27. The van der Waals surface area contributed by atoms with E-state index in [4.69, 9.17) is 0 Å². The summed E-state index contributed by atoms with van der Waals surface area (Å²) in [6.07, 6.45) is 5.83. The Morgan fingerprint density at radius 3 is 2.56 bits per heavy atom. The smallest absolute Gasteiger partial charge is 0.126 e. The maximum Gasteiger partial charge on any atom is 0.126 e. The third-order valence-electron chi connectivity index (χ3n) is 3.32. The first-order valence-electron chi connectivity index (χ1n) is 7.24. The summed E-state index contributed by atoms with van der Waals surface area (Å²) >= 11 is 0. The highest BCUT2D eigenvalue weighted by atomic mass is 19.1. The lowest BCUT2D eigenvalue weighted by Gasteiger charge is -2.18. The van der Waals surface area contributed by atoms with Gasteiger partial charge in [-0.3, -0.25) is 0 Å². The van der Waals surface area contributed by atoms with Gasteiger partial charge in [-0.15, -0.1) is 0 Å². The van der Waals surface area contributed by atoms with Gasteiger partial charge in [0.05, 0.1) is 0 Å². The van der Waals surface area contributed by atoms with E-state index in [1.165, 1.54) is 19.3 Å². The van der Waals surface area contributed by atoms with Gasteiger partial charge in [0.15, 0.2) is 0 Å². The van der Waals surface area contributed by atoms with Crippen molar-refractivity contribution in [2.45, 2.75) is 51.9 Å². The first-order chi connectivity index (χ1) is 8.79. The minimum Gasteiger partial charge on any atom is -0.316 e. The van der Waals surface area contributed by atoms with E-state index in [2.05, 4.69) is 19.2 Å². The number of rotatable bonds is 9. The molecular weight excluding hydrogens is 225 g/mol. The summed E-state index contributed by atoms with van der Waals surface area (Å²) < 4.78 is 13.8. The van der Waals surface area contributed by atoms with Crippen LogP contribution in [0.3, 0.4) is 0 Å². The number of hydrogen-bond donors (Lipinski definition) is 1. The molecule has 0 fully saturated rings. The lowest BCUT2D eigenvalue weighted by atomic mass is 9.92. The van der Waals surface area contributed by atoms with E-state index in [0.717, 1.165) is 31.5 Å². The fraction of sp³-hybridized carbons (Fsp3) is 0.625. The molecule has 1 unspecified atom stereocenters. The Morgan fingerprint density at radius 1 is 1.11 bits per heavy atom. The summed E-state index contributed by atoms with van der Waals surface area (Å²) in [4.78, 5) is 0. The van der Waals surface area contributed by atoms with Crippen molar-refractivity contribution in [3.63, 3.8) is 0 Å². The van der Waals surface area contributed by atoms with Crippen LogP contribution >= 0.6 is 0 Å². The van der Waals surface area contributed by atoms with Crippen LogP contribution in [-0.2, 0) is 0 Å². The van der Waals surface area contributed by atoms with Gasteiger partial charge < -0.3 is 5.32 Å². The third-order valence-corrected chi connectivity index (χ3v) is 3.32. The van der Waals surface area contributed by atoms with Gasteiger partial charge in [0.2, 0.25) is 0 Å². The van der Waals surface area contributed by atoms with Crippen molar-refractivity contribution in [1.82, 2.24) is 5.32 Å². The van der Waals surface area contributed by atoms with E-state index in [0.29, 0.717) is 5.92 Å². The Morgan fingerprint density at radius 2 is 1.89 bits per heavy atom. The molecule has 0 aliphatic rings. The van der Waals surface area contributed by atoms with E-state index >= 15 is 0 Å². The SMILES string of the molecule is CCCCCC(CNCCC)c1ccccc1F. The highest BCUT2D eigenvalue weighted by Crippen LogP contribution is 2.24. The molecule has 1 atom stereocenters. The lowest BCUT2D eigenvalue weighted by Crippen LogP contribution is -2.23. The van der Waals surface area contributed by atoms with Crippen molar-refractivity contribution in [2.75, 3.05) is 13.1 Å². The second kappa shape index (κ2) is 9.09. The predicted molar refractivity (Wildman–Crippen MR) is 76.4 cm³/mol. The average Bonchev–Trinajstić information content (AvgIpc) is 2.38. The van der Waals surface area contributed by atoms with Gasteiger partial charge in [-0.1, -0.05) is 51.3 Å². The zero-order chi connectivity index (χ0) is 13.2. The third kappa shape index (κ3) is 5.18. The van der Waals surface area contributed by atoms with Crippen molar-refractivity contribution in [1.29, 1.82) is 0 Å². The number of nitrogens with one attached hydrogen (secondary N) is 1. The second-order valence-corrected chi connectivity index (χ2v) is 4.92. The molecule has 2 heteroatoms. The topological polar surface area (TPSA) is 12.0 Å². The Hall–Kier alpha value is -0.890. The summed E-state index contributed by atoms with van der Waals surface area (Å²) in [5, 5.41) is 3.42. The van der Waals surface area contributed by atoms with Crippen molar-refractivity contribution in [3.8, 4) is 0 Å². The molecule has 0 radical (unpaired) electrons. The van der Waals surface area contributed by atoms with E-state index < -0.39 is 0 Å². The zero-order valence-corrected chi connectivity index (χ0v) is 11.7. The van der Waals surface area contributed by atoms with Crippen LogP contribution in [0.15, 0.2) is 24.3 Å². The molecule has 0 bridgehead atoms. The molecule has 1 nitrogen and oxygen atoms in total. The minimum absolute atomic E-state index is 0.0581. The second-order valence-electron chi connectivity index (χ2n) is 4.92. The van der Waals surface area contributed by atoms with Crippen molar-refractivity contribution >= 4 is 0 Å². The van der Waals surface area contributed by atoms with Crippen LogP contribution in [0.2, 0.25) is 0 Å². The molecule has 0 amide bonds. The molecule has 1 aromatic rings. The van der Waals surface area contributed by atoms with Gasteiger partial charge in [0.1, 0.15) is 5.82 Å². The van der Waals surface area contributed by atoms with Crippen LogP contribution in [0.5, 0.6) is 0 Å². The van der Waals surface area contributed by atoms with Gasteiger partial charge in [-0.25, -0.2) is 4.39 Å². The maximum absolute atomic E-state index is 13.8. The molecule has 1 aromatic carbocycles. The predicted octanol–water partition coefficient (Wildman–Crippen LogP) is 4.49. The largest absolute Gasteiger partial charge is 0.316 e. The first-order valence-corrected chi connectivity index (χ1v) is 7.24. The van der Waals surface area contributed by atoms with Crippen LogP contribution in [-0.4, -0.2) is 13.1 Å². The lowest BCUT2D eigenvalue weighted by molar-refractivity contribution is 0.495. The van der Waals surface area contributed by atoms with E-state index in [9.17, 15) is 4.39 Å². The summed E-state index contributed by atoms with van der Waals surface area (Å²) in [5.74, 6) is 0.251.